The number of alkyl halides is 3. The molecule has 2 aromatic rings. The Bertz CT molecular complexity index is 978. The molecule has 1 aliphatic heterocycles. The highest BCUT2D eigenvalue weighted by Gasteiger charge is 2.44. The van der Waals surface area contributed by atoms with Crippen molar-refractivity contribution < 1.29 is 27.4 Å². The van der Waals surface area contributed by atoms with Gasteiger partial charge in [-0.3, -0.25) is 9.59 Å². The predicted octanol–water partition coefficient (Wildman–Crippen LogP) is 3.55. The van der Waals surface area contributed by atoms with E-state index in [-0.39, 0.29) is 0 Å². The SMILES string of the molecule is O=C(Cn1cccc(C(F)(F)F)c1=O)Nc1ccc2c(c1)OC1(CCCC1)O2. The number of nitrogens with zero attached hydrogens (tertiary/aromatic N) is 1. The van der Waals surface area contributed by atoms with Crippen molar-refractivity contribution in [3.8, 4) is 11.5 Å². The van der Waals surface area contributed by atoms with Gasteiger partial charge in [0.15, 0.2) is 11.5 Å². The molecular formula is C19H17F3N2O4. The molecule has 0 saturated heterocycles. The minimum atomic E-state index is -4.77. The number of halogens is 3. The highest BCUT2D eigenvalue weighted by atomic mass is 19.4. The Morgan fingerprint density at radius 2 is 1.86 bits per heavy atom. The first-order chi connectivity index (χ1) is 13.3. The molecule has 1 amide bonds. The Kier molecular flexibility index (Phi) is 4.32. The highest BCUT2D eigenvalue weighted by molar-refractivity contribution is 5.91. The normalized spacial score (nSPS) is 17.1. The van der Waals surface area contributed by atoms with E-state index in [1.54, 1.807) is 18.2 Å². The predicted molar refractivity (Wildman–Crippen MR) is 93.2 cm³/mol. The van der Waals surface area contributed by atoms with Crippen molar-refractivity contribution in [2.24, 2.45) is 0 Å². The van der Waals surface area contributed by atoms with E-state index in [0.29, 0.717) is 23.3 Å². The van der Waals surface area contributed by atoms with Crippen LogP contribution < -0.4 is 20.3 Å². The van der Waals surface area contributed by atoms with Crippen molar-refractivity contribution in [3.05, 3.63) is 52.4 Å². The first kappa shape index (κ1) is 18.4. The van der Waals surface area contributed by atoms with Crippen molar-refractivity contribution in [2.75, 3.05) is 5.32 Å². The fourth-order valence-corrected chi connectivity index (χ4v) is 3.52. The number of rotatable bonds is 3. The second kappa shape index (κ2) is 6.57. The van der Waals surface area contributed by atoms with Gasteiger partial charge >= 0.3 is 6.18 Å². The van der Waals surface area contributed by atoms with Gasteiger partial charge in [-0.25, -0.2) is 0 Å². The van der Waals surface area contributed by atoms with E-state index in [0.717, 1.165) is 42.5 Å². The van der Waals surface area contributed by atoms with Crippen molar-refractivity contribution in [1.29, 1.82) is 0 Å². The Labute approximate surface area is 157 Å². The summed E-state index contributed by atoms with van der Waals surface area (Å²) in [6.45, 7) is -0.541. The molecule has 28 heavy (non-hydrogen) atoms. The number of amides is 1. The molecule has 1 aromatic carbocycles. The number of anilines is 1. The number of benzene rings is 1. The second-order valence-electron chi connectivity index (χ2n) is 6.88. The maximum atomic E-state index is 12.8. The van der Waals surface area contributed by atoms with Gasteiger partial charge in [0.1, 0.15) is 12.1 Å². The Hall–Kier alpha value is -2.97. The van der Waals surface area contributed by atoms with Crippen molar-refractivity contribution in [2.45, 2.75) is 44.2 Å². The number of fused-ring (bicyclic) bond motifs is 1. The molecule has 1 spiro atoms. The van der Waals surface area contributed by atoms with Crippen LogP contribution in [0.3, 0.4) is 0 Å². The standard InChI is InChI=1S/C19H17F3N2O4/c20-19(21,22)13-4-3-9-24(17(13)26)11-16(25)23-12-5-6-14-15(10-12)28-18(27-14)7-1-2-8-18/h3-6,9-10H,1-2,7-8,11H2,(H,23,25). The average Bonchev–Trinajstić information content (AvgIpc) is 3.21. The smallest absolute Gasteiger partial charge is 0.421 e. The van der Waals surface area contributed by atoms with Crippen LogP contribution >= 0.6 is 0 Å². The molecule has 1 aromatic heterocycles. The molecule has 1 fully saturated rings. The fraction of sp³-hybridized carbons (Fsp3) is 0.368. The third-order valence-corrected chi connectivity index (χ3v) is 4.82. The second-order valence-corrected chi connectivity index (χ2v) is 6.88. The number of ether oxygens (including phenoxy) is 2. The lowest BCUT2D eigenvalue weighted by molar-refractivity contribution is -0.139. The Balaban J connectivity index is 1.47. The van der Waals surface area contributed by atoms with Crippen LogP contribution in [-0.2, 0) is 17.5 Å². The number of aromatic nitrogens is 1. The first-order valence-corrected chi connectivity index (χ1v) is 8.84. The van der Waals surface area contributed by atoms with Gasteiger partial charge < -0.3 is 19.4 Å². The molecular weight excluding hydrogens is 377 g/mol. The van der Waals surface area contributed by atoms with Gasteiger partial charge in [-0.1, -0.05) is 0 Å². The van der Waals surface area contributed by atoms with Gasteiger partial charge in [0.05, 0.1) is 0 Å². The Morgan fingerprint density at radius 3 is 2.57 bits per heavy atom. The number of pyridine rings is 1. The van der Waals surface area contributed by atoms with Crippen LogP contribution in [0, 0.1) is 0 Å². The van der Waals surface area contributed by atoms with Gasteiger partial charge in [0.25, 0.3) is 11.3 Å². The topological polar surface area (TPSA) is 69.6 Å². The monoisotopic (exact) mass is 394 g/mol. The van der Waals surface area contributed by atoms with E-state index in [1.807, 2.05) is 0 Å². The summed E-state index contributed by atoms with van der Waals surface area (Å²) in [5.41, 5.74) is -2.17. The number of hydrogen-bond donors (Lipinski definition) is 1. The zero-order chi connectivity index (χ0) is 19.9. The van der Waals surface area contributed by atoms with Crippen LogP contribution in [-0.4, -0.2) is 16.3 Å². The van der Waals surface area contributed by atoms with Crippen molar-refractivity contribution in [1.82, 2.24) is 4.57 Å². The zero-order valence-electron chi connectivity index (χ0n) is 14.7. The minimum Gasteiger partial charge on any atom is -0.448 e. The van der Waals surface area contributed by atoms with Crippen molar-refractivity contribution in [3.63, 3.8) is 0 Å². The van der Waals surface area contributed by atoms with Crippen LogP contribution in [0.4, 0.5) is 18.9 Å². The number of carbonyl (C=O) groups excluding carboxylic acids is 1. The van der Waals surface area contributed by atoms with Gasteiger partial charge in [0, 0.05) is 30.8 Å². The van der Waals surface area contributed by atoms with E-state index in [1.165, 1.54) is 0 Å². The third kappa shape index (κ3) is 3.44. The lowest BCUT2D eigenvalue weighted by Crippen LogP contribution is -2.34. The molecule has 1 aliphatic carbocycles. The molecule has 148 valence electrons. The third-order valence-electron chi connectivity index (χ3n) is 4.82. The maximum absolute atomic E-state index is 12.8. The summed E-state index contributed by atoms with van der Waals surface area (Å²) in [4.78, 5) is 24.1. The molecule has 6 nitrogen and oxygen atoms in total. The van der Waals surface area contributed by atoms with Crippen LogP contribution in [0.2, 0.25) is 0 Å². The molecule has 4 rings (SSSR count). The molecule has 0 radical (unpaired) electrons. The molecule has 2 heterocycles. The molecule has 2 aliphatic rings. The summed E-state index contributed by atoms with van der Waals surface area (Å²) in [7, 11) is 0. The van der Waals surface area contributed by atoms with Gasteiger partial charge in [-0.05, 0) is 37.1 Å². The van der Waals surface area contributed by atoms with Crippen LogP contribution in [0.1, 0.15) is 31.2 Å². The van der Waals surface area contributed by atoms with Crippen LogP contribution in [0.25, 0.3) is 0 Å². The highest BCUT2D eigenvalue weighted by Crippen LogP contribution is 2.47. The van der Waals surface area contributed by atoms with Crippen molar-refractivity contribution >= 4 is 11.6 Å². The summed E-state index contributed by atoms with van der Waals surface area (Å²) in [5, 5.41) is 2.57. The van der Waals surface area contributed by atoms with E-state index in [4.69, 9.17) is 9.47 Å². The maximum Gasteiger partial charge on any atom is 0.421 e. The molecule has 1 N–H and O–H groups in total. The summed E-state index contributed by atoms with van der Waals surface area (Å²) in [6.07, 6.45) is -0.0128. The molecule has 0 atom stereocenters. The van der Waals surface area contributed by atoms with Crippen LogP contribution in [0.15, 0.2) is 41.3 Å². The van der Waals surface area contributed by atoms with E-state index in [2.05, 4.69) is 5.32 Å². The van der Waals surface area contributed by atoms with Crippen LogP contribution in [0.5, 0.6) is 11.5 Å². The van der Waals surface area contributed by atoms with Gasteiger partial charge in [0.2, 0.25) is 5.91 Å². The van der Waals surface area contributed by atoms with E-state index in [9.17, 15) is 22.8 Å². The zero-order valence-corrected chi connectivity index (χ0v) is 14.7. The molecule has 1 saturated carbocycles. The number of nitrogens with one attached hydrogen (secondary N) is 1. The molecule has 0 unspecified atom stereocenters. The quantitative estimate of drug-likeness (QED) is 0.865. The summed E-state index contributed by atoms with van der Waals surface area (Å²) in [6, 6.07) is 6.67. The van der Waals surface area contributed by atoms with E-state index >= 15 is 0 Å². The van der Waals surface area contributed by atoms with Gasteiger partial charge in [-0.2, -0.15) is 13.2 Å². The first-order valence-electron chi connectivity index (χ1n) is 8.84. The van der Waals surface area contributed by atoms with E-state index < -0.39 is 35.5 Å². The Morgan fingerprint density at radius 1 is 1.14 bits per heavy atom. The summed E-state index contributed by atoms with van der Waals surface area (Å²) in [5.74, 6) is -0.156. The molecule has 0 bridgehead atoms. The summed E-state index contributed by atoms with van der Waals surface area (Å²) >= 11 is 0. The largest absolute Gasteiger partial charge is 0.448 e. The van der Waals surface area contributed by atoms with Gasteiger partial charge in [-0.15, -0.1) is 0 Å². The fourth-order valence-electron chi connectivity index (χ4n) is 3.52. The lowest BCUT2D eigenvalue weighted by Gasteiger charge is -2.21. The minimum absolute atomic E-state index is 0.405. The lowest BCUT2D eigenvalue weighted by atomic mass is 10.2. The number of carbonyl (C=O) groups is 1. The average molecular weight is 394 g/mol. The molecule has 9 heteroatoms. The number of hydrogen-bond acceptors (Lipinski definition) is 4. The summed E-state index contributed by atoms with van der Waals surface area (Å²) < 4.78 is 51.0.